The zero-order valence-corrected chi connectivity index (χ0v) is 23.2. The standard InChI is InChI=1S/C36H34O4/c1-5-9-28(10-6-2)36(29-14-18-31(37-3)19-15-29,30-16-20-32(38-4)21-17-30)40-24-26-13-22-34-33-12-8-7-11-27(33)25-39-35(34)23-26/h5-23H,1,24-25H2,2-4H3/b10-6-,28-9+. The van der Waals surface area contributed by atoms with Crippen LogP contribution in [-0.2, 0) is 23.6 Å². The zero-order valence-electron chi connectivity index (χ0n) is 23.2. The third kappa shape index (κ3) is 5.18. The second kappa shape index (κ2) is 12.1. The summed E-state index contributed by atoms with van der Waals surface area (Å²) in [7, 11) is 3.34. The summed E-state index contributed by atoms with van der Waals surface area (Å²) in [6, 6.07) is 30.8. The van der Waals surface area contributed by atoms with Gasteiger partial charge < -0.3 is 18.9 Å². The van der Waals surface area contributed by atoms with Gasteiger partial charge in [0.15, 0.2) is 0 Å². The fraction of sp³-hybridized carbons (Fsp3) is 0.167. The van der Waals surface area contributed by atoms with Crippen molar-refractivity contribution >= 4 is 0 Å². The first-order chi connectivity index (χ1) is 19.6. The molecule has 4 aromatic carbocycles. The number of benzene rings is 4. The second-order valence-corrected chi connectivity index (χ2v) is 9.56. The van der Waals surface area contributed by atoms with E-state index in [2.05, 4.69) is 73.3 Å². The summed E-state index contributed by atoms with van der Waals surface area (Å²) < 4.78 is 24.1. The lowest BCUT2D eigenvalue weighted by Gasteiger charge is -2.37. The first kappa shape index (κ1) is 27.0. The molecule has 1 heterocycles. The van der Waals surface area contributed by atoms with Crippen LogP contribution in [0.25, 0.3) is 11.1 Å². The van der Waals surface area contributed by atoms with Crippen molar-refractivity contribution in [3.05, 3.63) is 150 Å². The van der Waals surface area contributed by atoms with Crippen LogP contribution in [-0.4, -0.2) is 14.2 Å². The maximum absolute atomic E-state index is 7.06. The molecule has 0 bridgehead atoms. The molecule has 40 heavy (non-hydrogen) atoms. The highest BCUT2D eigenvalue weighted by atomic mass is 16.5. The van der Waals surface area contributed by atoms with Crippen LogP contribution in [0, 0.1) is 0 Å². The molecule has 0 saturated carbocycles. The van der Waals surface area contributed by atoms with Gasteiger partial charge in [0, 0.05) is 5.56 Å². The van der Waals surface area contributed by atoms with Gasteiger partial charge in [0.2, 0.25) is 0 Å². The van der Waals surface area contributed by atoms with Crippen LogP contribution in [0.1, 0.15) is 29.2 Å². The average molecular weight is 531 g/mol. The normalized spacial score (nSPS) is 12.8. The van der Waals surface area contributed by atoms with E-state index in [9.17, 15) is 0 Å². The van der Waals surface area contributed by atoms with E-state index < -0.39 is 5.60 Å². The Bertz CT molecular complexity index is 1480. The molecule has 4 aromatic rings. The number of methoxy groups -OCH3 is 2. The van der Waals surface area contributed by atoms with Crippen LogP contribution in [0.3, 0.4) is 0 Å². The minimum Gasteiger partial charge on any atom is -0.497 e. The predicted molar refractivity (Wildman–Crippen MR) is 161 cm³/mol. The molecule has 0 amide bonds. The van der Waals surface area contributed by atoms with E-state index in [1.165, 1.54) is 11.1 Å². The number of rotatable bonds is 10. The topological polar surface area (TPSA) is 36.9 Å². The first-order valence-corrected chi connectivity index (χ1v) is 13.4. The summed E-state index contributed by atoms with van der Waals surface area (Å²) in [6.45, 7) is 6.91. The predicted octanol–water partition coefficient (Wildman–Crippen LogP) is 8.41. The van der Waals surface area contributed by atoms with Crippen LogP contribution in [0.5, 0.6) is 17.2 Å². The molecule has 1 aliphatic rings. The molecule has 0 aliphatic carbocycles. The molecule has 0 spiro atoms. The number of ether oxygens (including phenoxy) is 4. The van der Waals surface area contributed by atoms with Crippen LogP contribution >= 0.6 is 0 Å². The van der Waals surface area contributed by atoms with E-state index in [1.54, 1.807) is 20.3 Å². The Morgan fingerprint density at radius 2 is 1.50 bits per heavy atom. The molecule has 1 aliphatic heterocycles. The van der Waals surface area contributed by atoms with Gasteiger partial charge in [-0.2, -0.15) is 0 Å². The smallest absolute Gasteiger partial charge is 0.144 e. The molecule has 202 valence electrons. The Morgan fingerprint density at radius 1 is 0.850 bits per heavy atom. The Hall–Kier alpha value is -4.54. The SMILES string of the molecule is C=C/C=C(\C=C/C)C(OCc1ccc2c(c1)OCc1ccccc1-2)(c1ccc(OC)cc1)c1ccc(OC)cc1. The molecule has 4 nitrogen and oxygen atoms in total. The molecular weight excluding hydrogens is 496 g/mol. The van der Waals surface area contributed by atoms with Gasteiger partial charge in [-0.25, -0.2) is 0 Å². The molecule has 0 atom stereocenters. The van der Waals surface area contributed by atoms with Crippen molar-refractivity contribution < 1.29 is 18.9 Å². The molecule has 0 N–H and O–H groups in total. The molecule has 0 saturated heterocycles. The largest absolute Gasteiger partial charge is 0.497 e. The second-order valence-electron chi connectivity index (χ2n) is 9.56. The fourth-order valence-electron chi connectivity index (χ4n) is 5.25. The van der Waals surface area contributed by atoms with Crippen molar-refractivity contribution in [2.45, 2.75) is 25.7 Å². The molecule has 0 radical (unpaired) electrons. The van der Waals surface area contributed by atoms with Crippen LogP contribution in [0.2, 0.25) is 0 Å². The number of hydrogen-bond acceptors (Lipinski definition) is 4. The highest BCUT2D eigenvalue weighted by molar-refractivity contribution is 5.75. The highest BCUT2D eigenvalue weighted by Crippen LogP contribution is 2.44. The van der Waals surface area contributed by atoms with E-state index in [-0.39, 0.29) is 0 Å². The third-order valence-corrected chi connectivity index (χ3v) is 7.24. The van der Waals surface area contributed by atoms with Crippen molar-refractivity contribution in [2.24, 2.45) is 0 Å². The van der Waals surface area contributed by atoms with Crippen LogP contribution in [0.15, 0.2) is 127 Å². The van der Waals surface area contributed by atoms with E-state index in [1.807, 2.05) is 49.4 Å². The van der Waals surface area contributed by atoms with E-state index in [0.29, 0.717) is 13.2 Å². The number of allylic oxidation sites excluding steroid dienone is 3. The molecule has 0 unspecified atom stereocenters. The first-order valence-electron chi connectivity index (χ1n) is 13.4. The van der Waals surface area contributed by atoms with Gasteiger partial charge in [-0.15, -0.1) is 0 Å². The van der Waals surface area contributed by atoms with Gasteiger partial charge in [-0.3, -0.25) is 0 Å². The lowest BCUT2D eigenvalue weighted by atomic mass is 9.79. The van der Waals surface area contributed by atoms with Gasteiger partial charge in [0.1, 0.15) is 29.5 Å². The lowest BCUT2D eigenvalue weighted by molar-refractivity contribution is -0.000427. The van der Waals surface area contributed by atoms with E-state index in [4.69, 9.17) is 18.9 Å². The Balaban J connectivity index is 1.61. The summed E-state index contributed by atoms with van der Waals surface area (Å²) in [5.74, 6) is 2.43. The van der Waals surface area contributed by atoms with Gasteiger partial charge in [0.05, 0.1) is 20.8 Å². The van der Waals surface area contributed by atoms with E-state index in [0.717, 1.165) is 45.1 Å². The van der Waals surface area contributed by atoms with Gasteiger partial charge in [-0.05, 0) is 70.6 Å². The van der Waals surface area contributed by atoms with Gasteiger partial charge >= 0.3 is 0 Å². The Kier molecular flexibility index (Phi) is 8.18. The summed E-state index contributed by atoms with van der Waals surface area (Å²) >= 11 is 0. The minimum atomic E-state index is -0.942. The fourth-order valence-corrected chi connectivity index (χ4v) is 5.25. The van der Waals surface area contributed by atoms with E-state index >= 15 is 0 Å². The molecule has 0 fully saturated rings. The summed E-state index contributed by atoms with van der Waals surface area (Å²) in [4.78, 5) is 0. The maximum atomic E-state index is 7.06. The minimum absolute atomic E-state index is 0.350. The molecule has 4 heteroatoms. The van der Waals surface area contributed by atoms with Crippen LogP contribution in [0.4, 0.5) is 0 Å². The van der Waals surface area contributed by atoms with Gasteiger partial charge in [0.25, 0.3) is 0 Å². The van der Waals surface area contributed by atoms with Crippen molar-refractivity contribution in [3.63, 3.8) is 0 Å². The van der Waals surface area contributed by atoms with Crippen molar-refractivity contribution in [1.29, 1.82) is 0 Å². The third-order valence-electron chi connectivity index (χ3n) is 7.24. The summed E-state index contributed by atoms with van der Waals surface area (Å²) in [5, 5.41) is 0. The molecular formula is C36H34O4. The Labute approximate surface area is 236 Å². The zero-order chi connectivity index (χ0) is 28.0. The quantitative estimate of drug-likeness (QED) is 0.193. The monoisotopic (exact) mass is 530 g/mol. The van der Waals surface area contributed by atoms with Gasteiger partial charge in [-0.1, -0.05) is 91.5 Å². The molecule has 0 aromatic heterocycles. The Morgan fingerprint density at radius 3 is 2.10 bits per heavy atom. The molecule has 5 rings (SSSR count). The van der Waals surface area contributed by atoms with Crippen molar-refractivity contribution in [3.8, 4) is 28.4 Å². The van der Waals surface area contributed by atoms with Crippen molar-refractivity contribution in [2.75, 3.05) is 14.2 Å². The lowest BCUT2D eigenvalue weighted by Crippen LogP contribution is -2.33. The highest BCUT2D eigenvalue weighted by Gasteiger charge is 2.38. The summed E-state index contributed by atoms with van der Waals surface area (Å²) in [5.41, 5.74) is 6.46. The number of hydrogen-bond donors (Lipinski definition) is 0. The summed E-state index contributed by atoms with van der Waals surface area (Å²) in [6.07, 6.45) is 7.89. The maximum Gasteiger partial charge on any atom is 0.144 e. The van der Waals surface area contributed by atoms with Crippen LogP contribution < -0.4 is 14.2 Å². The van der Waals surface area contributed by atoms with Crippen molar-refractivity contribution in [1.82, 2.24) is 0 Å². The average Bonchev–Trinajstić information content (AvgIpc) is 3.02. The number of fused-ring (bicyclic) bond motifs is 3.